The van der Waals surface area contributed by atoms with Crippen molar-refractivity contribution >= 4 is 17.6 Å². The number of rotatable bonds is 0. The molecule has 0 saturated carbocycles. The second-order valence-corrected chi connectivity index (χ2v) is 5.92. The van der Waals surface area contributed by atoms with E-state index < -0.39 is 5.97 Å². The van der Waals surface area contributed by atoms with Gasteiger partial charge >= 0.3 is 0 Å². The van der Waals surface area contributed by atoms with Gasteiger partial charge in [-0.05, 0) is 18.6 Å². The van der Waals surface area contributed by atoms with Gasteiger partial charge < -0.3 is 10.0 Å². The molecule has 2 aromatic carbocycles. The molecule has 0 unspecified atom stereocenters. The van der Waals surface area contributed by atoms with Gasteiger partial charge in [0, 0.05) is 38.4 Å². The first kappa shape index (κ1) is 18.3. The number of benzene rings is 2. The second-order valence-electron chi connectivity index (χ2n) is 5.92. The molecule has 2 aliphatic rings. The number of aliphatic carboxylic acids is 1. The van der Waals surface area contributed by atoms with Crippen LogP contribution in [0.2, 0.25) is 0 Å². The molecule has 1 N–H and O–H groups in total. The van der Waals surface area contributed by atoms with E-state index in [1.165, 1.54) is 11.5 Å². The van der Waals surface area contributed by atoms with Gasteiger partial charge in [-0.1, -0.05) is 42.9 Å². The minimum atomic E-state index is -0.833. The number of anilines is 1. The maximum atomic E-state index is 12.7. The normalized spacial score (nSPS) is 19.5. The SMILES string of the molecule is CC(=O)O.C[C-]1c2ccccc2N2C(=O)c3ccccc3[C@]12C.[Pd]. The minimum Gasteiger partial charge on any atom is -0.481 e. The Morgan fingerprint density at radius 2 is 1.67 bits per heavy atom. The van der Waals surface area contributed by atoms with Crippen LogP contribution in [0.4, 0.5) is 5.69 Å². The van der Waals surface area contributed by atoms with Crippen LogP contribution in [-0.4, -0.2) is 17.0 Å². The molecule has 0 bridgehead atoms. The van der Waals surface area contributed by atoms with Gasteiger partial charge in [0.05, 0.1) is 0 Å². The summed E-state index contributed by atoms with van der Waals surface area (Å²) in [5.41, 5.74) is 3.85. The summed E-state index contributed by atoms with van der Waals surface area (Å²) in [5, 5.41) is 7.42. The van der Waals surface area contributed by atoms with E-state index in [2.05, 4.69) is 26.0 Å². The van der Waals surface area contributed by atoms with Crippen LogP contribution >= 0.6 is 0 Å². The summed E-state index contributed by atoms with van der Waals surface area (Å²) in [5.74, 6) is 0.531. The van der Waals surface area contributed by atoms with Crippen LogP contribution in [0.5, 0.6) is 0 Å². The first-order chi connectivity index (χ1) is 10.9. The molecule has 0 spiro atoms. The first-order valence-corrected chi connectivity index (χ1v) is 7.46. The smallest absolute Gasteiger partial charge is 0.300 e. The van der Waals surface area contributed by atoms with E-state index in [1.807, 2.05) is 41.3 Å². The van der Waals surface area contributed by atoms with Crippen LogP contribution in [0, 0.1) is 5.92 Å². The number of carboxylic acid groups (broad SMARTS) is 1. The van der Waals surface area contributed by atoms with E-state index in [9.17, 15) is 4.79 Å². The third-order valence-electron chi connectivity index (χ3n) is 4.61. The van der Waals surface area contributed by atoms with E-state index in [1.54, 1.807) is 0 Å². The van der Waals surface area contributed by atoms with Gasteiger partial charge in [-0.25, -0.2) is 0 Å². The van der Waals surface area contributed by atoms with Crippen molar-refractivity contribution in [1.29, 1.82) is 0 Å². The maximum absolute atomic E-state index is 12.7. The van der Waals surface area contributed by atoms with Gasteiger partial charge in [-0.3, -0.25) is 9.59 Å². The second kappa shape index (κ2) is 6.43. The molecule has 1 amide bonds. The van der Waals surface area contributed by atoms with Crippen molar-refractivity contribution in [3.05, 3.63) is 71.1 Å². The zero-order valence-electron chi connectivity index (χ0n) is 13.6. The number of nitrogens with zero attached hydrogens (tertiary/aromatic N) is 1. The zero-order valence-corrected chi connectivity index (χ0v) is 15.2. The number of amides is 1. The molecule has 4 rings (SSSR count). The molecule has 2 heterocycles. The third kappa shape index (κ3) is 2.45. The van der Waals surface area contributed by atoms with Crippen LogP contribution in [-0.2, 0) is 30.8 Å². The predicted octanol–water partition coefficient (Wildman–Crippen LogP) is 3.61. The molecule has 2 aliphatic heterocycles. The van der Waals surface area contributed by atoms with E-state index in [-0.39, 0.29) is 31.9 Å². The Morgan fingerprint density at radius 3 is 2.33 bits per heavy atom. The third-order valence-corrected chi connectivity index (χ3v) is 4.61. The zero-order chi connectivity index (χ0) is 16.8. The number of fused-ring (bicyclic) bond motifs is 5. The number of hydrogen-bond acceptors (Lipinski definition) is 2. The number of para-hydroxylation sites is 1. The van der Waals surface area contributed by atoms with Crippen molar-refractivity contribution in [2.45, 2.75) is 26.3 Å². The molecule has 128 valence electrons. The predicted molar refractivity (Wildman–Crippen MR) is 88.4 cm³/mol. The minimum absolute atomic E-state index is 0. The Morgan fingerprint density at radius 1 is 1.12 bits per heavy atom. The van der Waals surface area contributed by atoms with Crippen molar-refractivity contribution in [3.63, 3.8) is 0 Å². The molecule has 24 heavy (non-hydrogen) atoms. The Bertz CT molecular complexity index is 801. The largest absolute Gasteiger partial charge is 0.481 e. The molecule has 0 aromatic heterocycles. The molecule has 2 aromatic rings. The average molecular weight is 415 g/mol. The van der Waals surface area contributed by atoms with Crippen molar-refractivity contribution < 1.29 is 35.1 Å². The van der Waals surface area contributed by atoms with E-state index in [4.69, 9.17) is 9.90 Å². The molecular formula is C19H18NO3Pd-. The Kier molecular flexibility index (Phi) is 4.89. The van der Waals surface area contributed by atoms with Crippen molar-refractivity contribution in [3.8, 4) is 0 Å². The quantitative estimate of drug-likeness (QED) is 0.529. The van der Waals surface area contributed by atoms with Crippen LogP contribution in [0.3, 0.4) is 0 Å². The van der Waals surface area contributed by atoms with Gasteiger partial charge in [0.25, 0.3) is 5.97 Å². The maximum Gasteiger partial charge on any atom is 0.300 e. The van der Waals surface area contributed by atoms with Crippen molar-refractivity contribution in [2.24, 2.45) is 0 Å². The average Bonchev–Trinajstić information content (AvgIpc) is 2.89. The number of carboxylic acids is 1. The summed E-state index contributed by atoms with van der Waals surface area (Å²) in [6.07, 6.45) is 0. The molecule has 0 saturated heterocycles. The summed E-state index contributed by atoms with van der Waals surface area (Å²) in [6.45, 7) is 5.36. The molecule has 0 aliphatic carbocycles. The topological polar surface area (TPSA) is 57.6 Å². The molecular weight excluding hydrogens is 397 g/mol. The van der Waals surface area contributed by atoms with Gasteiger partial charge in [-0.2, -0.15) is 11.6 Å². The molecule has 5 heteroatoms. The van der Waals surface area contributed by atoms with Crippen molar-refractivity contribution in [2.75, 3.05) is 4.90 Å². The number of hydrogen-bond donors (Lipinski definition) is 1. The fourth-order valence-electron chi connectivity index (χ4n) is 3.51. The van der Waals surface area contributed by atoms with Gasteiger partial charge in [0.2, 0.25) is 5.91 Å². The van der Waals surface area contributed by atoms with E-state index in [0.717, 1.165) is 23.7 Å². The number of carbonyl (C=O) groups is 2. The molecule has 0 fully saturated rings. The monoisotopic (exact) mass is 414 g/mol. The van der Waals surface area contributed by atoms with Gasteiger partial charge in [0.15, 0.2) is 0 Å². The van der Waals surface area contributed by atoms with Crippen LogP contribution in [0.25, 0.3) is 0 Å². The Labute approximate surface area is 155 Å². The van der Waals surface area contributed by atoms with Gasteiger partial charge in [0.1, 0.15) is 0 Å². The summed E-state index contributed by atoms with van der Waals surface area (Å²) in [7, 11) is 0. The Balaban J connectivity index is 0.000000379. The van der Waals surface area contributed by atoms with E-state index >= 15 is 0 Å². The summed E-state index contributed by atoms with van der Waals surface area (Å²) < 4.78 is 0. The first-order valence-electron chi connectivity index (χ1n) is 7.46. The summed E-state index contributed by atoms with van der Waals surface area (Å²) in [6, 6.07) is 16.1. The number of carbonyl (C=O) groups excluding carboxylic acids is 1. The summed E-state index contributed by atoms with van der Waals surface area (Å²) >= 11 is 0. The van der Waals surface area contributed by atoms with Crippen LogP contribution < -0.4 is 4.90 Å². The van der Waals surface area contributed by atoms with E-state index in [0.29, 0.717) is 0 Å². The van der Waals surface area contributed by atoms with Crippen LogP contribution in [0.1, 0.15) is 42.3 Å². The summed E-state index contributed by atoms with van der Waals surface area (Å²) in [4.78, 5) is 23.7. The Hall–Kier alpha value is -2.09. The molecule has 4 nitrogen and oxygen atoms in total. The fraction of sp³-hybridized carbons (Fsp3) is 0.211. The van der Waals surface area contributed by atoms with Gasteiger partial charge in [-0.15, -0.1) is 12.0 Å². The fourth-order valence-corrected chi connectivity index (χ4v) is 3.51. The molecule has 0 radical (unpaired) electrons. The van der Waals surface area contributed by atoms with Crippen LogP contribution in [0.15, 0.2) is 48.5 Å². The van der Waals surface area contributed by atoms with Crippen molar-refractivity contribution in [1.82, 2.24) is 0 Å². The molecule has 1 atom stereocenters. The standard InChI is InChI=1S/C17H14NO.C2H4O2.Pd/c1-11-12-7-4-6-10-15(12)18-16(19)13-8-3-5-9-14(13)17(11,18)2;1-2(3)4;/h3-10H,1-2H3;1H3,(H,3,4);/q-1;;/t17-;;/m0../s1.